The smallest absolute Gasteiger partial charge is 0.135 e. The van der Waals surface area contributed by atoms with Crippen LogP contribution in [0.1, 0.15) is 85.8 Å². The quantitative estimate of drug-likeness (QED) is 0.0927. The Kier molecular flexibility index (Phi) is 6.60. The van der Waals surface area contributed by atoms with Crippen molar-refractivity contribution in [1.82, 2.24) is 0 Å². The van der Waals surface area contributed by atoms with Gasteiger partial charge in [0.25, 0.3) is 0 Å². The van der Waals surface area contributed by atoms with Crippen LogP contribution in [0, 0.1) is 0 Å². The van der Waals surface area contributed by atoms with Crippen LogP contribution in [0.3, 0.4) is 0 Å². The molecule has 1 aliphatic heterocycles. The van der Waals surface area contributed by atoms with E-state index in [2.05, 4.69) is 0 Å². The van der Waals surface area contributed by atoms with Crippen molar-refractivity contribution in [3.8, 4) is 51.7 Å². The Labute approximate surface area is 291 Å². The second-order valence-electron chi connectivity index (χ2n) is 13.7. The molecule has 2 unspecified atom stereocenters. The van der Waals surface area contributed by atoms with Gasteiger partial charge in [-0.3, -0.25) is 0 Å². The van der Waals surface area contributed by atoms with Gasteiger partial charge >= 0.3 is 0 Å². The molecule has 6 atom stereocenters. The van der Waals surface area contributed by atoms with Gasteiger partial charge in [0, 0.05) is 58.6 Å². The van der Waals surface area contributed by atoms with Crippen molar-refractivity contribution in [2.75, 3.05) is 0 Å². The Morgan fingerprint density at radius 3 is 1.47 bits per heavy atom. The fraction of sp³-hybridized carbons (Fsp3) is 0.143. The van der Waals surface area contributed by atoms with Crippen LogP contribution in [0.15, 0.2) is 109 Å². The summed E-state index contributed by atoms with van der Waals surface area (Å²) in [5, 5.41) is 87.5. The SMILES string of the molecule is Oc1ccc(C2c3c(O)cc(O)cc3[C@@H]3c4c(cc(O)c5c4[C@@H]2C(c2ccc(O)cc2)[C@@H]5c2cc(O)cc(O)c2)O[C@@H]3c2ccc(O)cc2)cc1. The predicted molar refractivity (Wildman–Crippen MR) is 186 cm³/mol. The highest BCUT2D eigenvalue weighted by atomic mass is 16.5. The number of benzene rings is 6. The molecule has 51 heavy (non-hydrogen) atoms. The van der Waals surface area contributed by atoms with Crippen molar-refractivity contribution in [2.45, 2.75) is 35.7 Å². The van der Waals surface area contributed by atoms with E-state index < -0.39 is 35.7 Å². The molecule has 254 valence electrons. The Balaban J connectivity index is 1.44. The molecule has 0 radical (unpaired) electrons. The number of hydrogen-bond donors (Lipinski definition) is 8. The molecule has 1 heterocycles. The minimum absolute atomic E-state index is 0.0537. The van der Waals surface area contributed by atoms with E-state index >= 15 is 0 Å². The second-order valence-corrected chi connectivity index (χ2v) is 13.7. The van der Waals surface area contributed by atoms with Crippen LogP contribution >= 0.6 is 0 Å². The van der Waals surface area contributed by atoms with E-state index in [-0.39, 0.29) is 46.0 Å². The Morgan fingerprint density at radius 1 is 0.353 bits per heavy atom. The van der Waals surface area contributed by atoms with E-state index in [1.54, 1.807) is 84.9 Å². The highest BCUT2D eigenvalue weighted by Gasteiger charge is 2.56. The Morgan fingerprint density at radius 2 is 0.863 bits per heavy atom. The van der Waals surface area contributed by atoms with Gasteiger partial charge in [-0.05, 0) is 88.0 Å². The zero-order valence-electron chi connectivity index (χ0n) is 26.8. The Hall–Kier alpha value is -6.48. The van der Waals surface area contributed by atoms with Crippen molar-refractivity contribution in [3.05, 3.63) is 159 Å². The van der Waals surface area contributed by atoms with Crippen LogP contribution in [-0.2, 0) is 0 Å². The Bertz CT molecular complexity index is 2330. The molecule has 9 nitrogen and oxygen atoms in total. The molecule has 6 aromatic rings. The summed E-state index contributed by atoms with van der Waals surface area (Å²) in [6, 6.07) is 29.1. The van der Waals surface area contributed by atoms with Crippen molar-refractivity contribution in [1.29, 1.82) is 0 Å². The maximum atomic E-state index is 12.1. The summed E-state index contributed by atoms with van der Waals surface area (Å²) in [7, 11) is 0. The van der Waals surface area contributed by atoms with Gasteiger partial charge in [0.05, 0.1) is 5.92 Å². The number of aromatic hydroxyl groups is 8. The van der Waals surface area contributed by atoms with Gasteiger partial charge in [-0.2, -0.15) is 0 Å². The third-order valence-corrected chi connectivity index (χ3v) is 10.9. The summed E-state index contributed by atoms with van der Waals surface area (Å²) >= 11 is 0. The minimum Gasteiger partial charge on any atom is -0.508 e. The molecule has 0 amide bonds. The molecular formula is C42H32O9. The van der Waals surface area contributed by atoms with Crippen LogP contribution in [0.5, 0.6) is 51.7 Å². The first-order valence-corrected chi connectivity index (χ1v) is 16.6. The predicted octanol–water partition coefficient (Wildman–Crippen LogP) is 7.76. The maximum absolute atomic E-state index is 12.1. The topological polar surface area (TPSA) is 171 Å². The molecule has 9 rings (SSSR count). The lowest BCUT2D eigenvalue weighted by atomic mass is 9.69. The first kappa shape index (κ1) is 30.6. The van der Waals surface area contributed by atoms with Gasteiger partial charge in [0.2, 0.25) is 0 Å². The van der Waals surface area contributed by atoms with Crippen LogP contribution in [0.25, 0.3) is 0 Å². The zero-order valence-corrected chi connectivity index (χ0v) is 26.8. The van der Waals surface area contributed by atoms with Gasteiger partial charge in [0.15, 0.2) is 0 Å². The molecule has 0 saturated carbocycles. The number of hydrogen-bond acceptors (Lipinski definition) is 9. The first-order valence-electron chi connectivity index (χ1n) is 16.6. The molecule has 2 aliphatic carbocycles. The van der Waals surface area contributed by atoms with E-state index in [9.17, 15) is 40.9 Å². The highest BCUT2D eigenvalue weighted by molar-refractivity contribution is 5.72. The zero-order chi connectivity index (χ0) is 35.3. The van der Waals surface area contributed by atoms with Crippen LogP contribution in [0.4, 0.5) is 0 Å². The average Bonchev–Trinajstić information content (AvgIpc) is 3.60. The summed E-state index contributed by atoms with van der Waals surface area (Å²) in [4.78, 5) is 0. The fourth-order valence-corrected chi connectivity index (χ4v) is 9.08. The van der Waals surface area contributed by atoms with Gasteiger partial charge in [-0.1, -0.05) is 36.4 Å². The average molecular weight is 681 g/mol. The van der Waals surface area contributed by atoms with E-state index in [1.807, 2.05) is 12.1 Å². The molecule has 0 fully saturated rings. The third-order valence-electron chi connectivity index (χ3n) is 10.9. The monoisotopic (exact) mass is 680 g/mol. The van der Waals surface area contributed by atoms with Gasteiger partial charge in [-0.25, -0.2) is 0 Å². The van der Waals surface area contributed by atoms with E-state index in [1.165, 1.54) is 12.1 Å². The lowest BCUT2D eigenvalue weighted by Gasteiger charge is -2.34. The standard InChI is InChI=1S/C42H32O9/c43-23-7-1-19(2-8-23)33-35(22-13-26(46)15-27(47)14-22)38-31(50)18-32-39-37(42(51-32)21-5-11-25(45)12-6-21)29-16-28(48)17-30(49)36(29)34(40(33)41(38)39)20-3-9-24(44)10-4-20/h1-18,33-35,37,40,42-50H/t33?,34?,35-,37+,40+,42+/m0/s1. The van der Waals surface area contributed by atoms with Gasteiger partial charge in [-0.15, -0.1) is 0 Å². The van der Waals surface area contributed by atoms with Crippen molar-refractivity contribution in [3.63, 3.8) is 0 Å². The largest absolute Gasteiger partial charge is 0.508 e. The first-order chi connectivity index (χ1) is 24.6. The lowest BCUT2D eigenvalue weighted by molar-refractivity contribution is 0.221. The molecule has 0 saturated heterocycles. The molecule has 0 spiro atoms. The number of rotatable bonds is 4. The molecule has 6 aromatic carbocycles. The fourth-order valence-electron chi connectivity index (χ4n) is 9.08. The van der Waals surface area contributed by atoms with Crippen molar-refractivity contribution < 1.29 is 45.6 Å². The summed E-state index contributed by atoms with van der Waals surface area (Å²) in [5.74, 6) is -3.02. The van der Waals surface area contributed by atoms with Crippen molar-refractivity contribution in [2.24, 2.45) is 0 Å². The normalized spacial score (nSPS) is 22.5. The number of ether oxygens (including phenoxy) is 1. The summed E-state index contributed by atoms with van der Waals surface area (Å²) < 4.78 is 6.70. The van der Waals surface area contributed by atoms with Crippen LogP contribution in [0.2, 0.25) is 0 Å². The van der Waals surface area contributed by atoms with E-state index in [0.29, 0.717) is 28.0 Å². The summed E-state index contributed by atoms with van der Waals surface area (Å²) in [6.07, 6.45) is -0.693. The number of fused-ring (bicyclic) bond motifs is 2. The van der Waals surface area contributed by atoms with Gasteiger partial charge in [0.1, 0.15) is 57.8 Å². The van der Waals surface area contributed by atoms with Gasteiger partial charge < -0.3 is 45.6 Å². The lowest BCUT2D eigenvalue weighted by Crippen LogP contribution is -2.20. The second kappa shape index (κ2) is 11.0. The van der Waals surface area contributed by atoms with E-state index in [0.717, 1.165) is 27.8 Å². The van der Waals surface area contributed by atoms with Crippen LogP contribution < -0.4 is 4.74 Å². The summed E-state index contributed by atoms with van der Waals surface area (Å²) in [6.45, 7) is 0. The van der Waals surface area contributed by atoms with Crippen LogP contribution in [-0.4, -0.2) is 40.9 Å². The summed E-state index contributed by atoms with van der Waals surface area (Å²) in [5.41, 5.74) is 6.00. The van der Waals surface area contributed by atoms with E-state index in [4.69, 9.17) is 4.74 Å². The number of phenols is 8. The van der Waals surface area contributed by atoms with Crippen molar-refractivity contribution >= 4 is 0 Å². The molecular weight excluding hydrogens is 648 g/mol. The third kappa shape index (κ3) is 4.61. The minimum atomic E-state index is -0.693. The molecule has 9 heteroatoms. The maximum Gasteiger partial charge on any atom is 0.135 e. The molecule has 8 N–H and O–H groups in total. The molecule has 0 aromatic heterocycles. The number of phenolic OH excluding ortho intramolecular Hbond substituents is 8. The molecule has 0 bridgehead atoms. The molecule has 3 aliphatic rings. The highest BCUT2D eigenvalue weighted by Crippen LogP contribution is 2.70.